The number of benzene rings is 1. The SMILES string of the molecule is CC1CCN(Cc2c(Cl)cccc2Cl)C1CBr. The average Bonchev–Trinajstić information content (AvgIpc) is 2.64. The summed E-state index contributed by atoms with van der Waals surface area (Å²) in [5.74, 6) is 0.732. The molecule has 1 aromatic rings. The molecule has 1 nitrogen and oxygen atoms in total. The maximum absolute atomic E-state index is 6.21. The first-order chi connectivity index (χ1) is 8.13. The van der Waals surface area contributed by atoms with Gasteiger partial charge in [-0.2, -0.15) is 0 Å². The van der Waals surface area contributed by atoms with Crippen molar-refractivity contribution in [2.45, 2.75) is 25.9 Å². The zero-order valence-electron chi connectivity index (χ0n) is 9.80. The van der Waals surface area contributed by atoms with Gasteiger partial charge in [0.1, 0.15) is 0 Å². The first-order valence-corrected chi connectivity index (χ1v) is 7.74. The third kappa shape index (κ3) is 2.98. The smallest absolute Gasteiger partial charge is 0.0465 e. The van der Waals surface area contributed by atoms with Gasteiger partial charge in [0.25, 0.3) is 0 Å². The maximum atomic E-state index is 6.21. The summed E-state index contributed by atoms with van der Waals surface area (Å²) in [6, 6.07) is 6.29. The fourth-order valence-corrected chi connectivity index (χ4v) is 3.98. The van der Waals surface area contributed by atoms with Crippen molar-refractivity contribution in [1.29, 1.82) is 0 Å². The molecule has 17 heavy (non-hydrogen) atoms. The van der Waals surface area contributed by atoms with Crippen molar-refractivity contribution in [3.05, 3.63) is 33.8 Å². The summed E-state index contributed by atoms with van der Waals surface area (Å²) in [5.41, 5.74) is 1.05. The van der Waals surface area contributed by atoms with E-state index < -0.39 is 0 Å². The van der Waals surface area contributed by atoms with Gasteiger partial charge in [-0.3, -0.25) is 4.90 Å². The number of hydrogen-bond acceptors (Lipinski definition) is 1. The molecule has 2 unspecified atom stereocenters. The molecule has 1 fully saturated rings. The molecule has 4 heteroatoms. The van der Waals surface area contributed by atoms with Crippen LogP contribution in [0.15, 0.2) is 18.2 Å². The van der Waals surface area contributed by atoms with Gasteiger partial charge in [0.15, 0.2) is 0 Å². The Bertz CT molecular complexity index is 377. The first kappa shape index (κ1) is 13.7. The Morgan fingerprint density at radius 2 is 2.00 bits per heavy atom. The molecular formula is C13H16BrCl2N. The molecule has 0 saturated carbocycles. The van der Waals surface area contributed by atoms with Crippen LogP contribution in [0.1, 0.15) is 18.9 Å². The van der Waals surface area contributed by atoms with Gasteiger partial charge in [0, 0.05) is 33.5 Å². The molecule has 1 heterocycles. The van der Waals surface area contributed by atoms with E-state index in [1.165, 1.54) is 6.42 Å². The van der Waals surface area contributed by atoms with Crippen LogP contribution in [0.5, 0.6) is 0 Å². The molecule has 0 aliphatic carbocycles. The molecular weight excluding hydrogens is 321 g/mol. The van der Waals surface area contributed by atoms with E-state index in [1.54, 1.807) is 0 Å². The van der Waals surface area contributed by atoms with Crippen molar-refractivity contribution >= 4 is 39.1 Å². The molecule has 0 N–H and O–H groups in total. The Morgan fingerprint density at radius 3 is 2.59 bits per heavy atom. The van der Waals surface area contributed by atoms with Gasteiger partial charge in [0.2, 0.25) is 0 Å². The Balaban J connectivity index is 2.16. The van der Waals surface area contributed by atoms with E-state index in [9.17, 15) is 0 Å². The van der Waals surface area contributed by atoms with Gasteiger partial charge < -0.3 is 0 Å². The van der Waals surface area contributed by atoms with Crippen molar-refractivity contribution in [2.24, 2.45) is 5.92 Å². The zero-order valence-corrected chi connectivity index (χ0v) is 12.9. The number of nitrogens with zero attached hydrogens (tertiary/aromatic N) is 1. The molecule has 1 aliphatic heterocycles. The fraction of sp³-hybridized carbons (Fsp3) is 0.538. The molecule has 0 spiro atoms. The molecule has 94 valence electrons. The summed E-state index contributed by atoms with van der Waals surface area (Å²) in [5, 5.41) is 2.55. The number of likely N-dealkylation sites (tertiary alicyclic amines) is 1. The summed E-state index contributed by atoms with van der Waals surface area (Å²) < 4.78 is 0. The normalized spacial score (nSPS) is 25.4. The van der Waals surface area contributed by atoms with Crippen molar-refractivity contribution in [2.75, 3.05) is 11.9 Å². The molecule has 1 aliphatic rings. The summed E-state index contributed by atoms with van der Waals surface area (Å²) in [6.45, 7) is 4.28. The minimum absolute atomic E-state index is 0.585. The average molecular weight is 337 g/mol. The van der Waals surface area contributed by atoms with E-state index in [4.69, 9.17) is 23.2 Å². The molecule has 2 rings (SSSR count). The lowest BCUT2D eigenvalue weighted by atomic mass is 10.0. The van der Waals surface area contributed by atoms with Crippen LogP contribution >= 0.6 is 39.1 Å². The van der Waals surface area contributed by atoms with E-state index in [0.717, 1.165) is 39.9 Å². The van der Waals surface area contributed by atoms with Crippen molar-refractivity contribution in [3.63, 3.8) is 0 Å². The molecule has 2 atom stereocenters. The second kappa shape index (κ2) is 5.92. The zero-order chi connectivity index (χ0) is 12.4. The fourth-order valence-electron chi connectivity index (χ4n) is 2.42. The minimum Gasteiger partial charge on any atom is -0.295 e. The van der Waals surface area contributed by atoms with Gasteiger partial charge in [-0.25, -0.2) is 0 Å². The molecule has 0 aromatic heterocycles. The topological polar surface area (TPSA) is 3.24 Å². The number of alkyl halides is 1. The number of rotatable bonds is 3. The lowest BCUT2D eigenvalue weighted by molar-refractivity contribution is 0.244. The minimum atomic E-state index is 0.585. The Kier molecular flexibility index (Phi) is 4.76. The van der Waals surface area contributed by atoms with Crippen LogP contribution in [0.2, 0.25) is 10.0 Å². The maximum Gasteiger partial charge on any atom is 0.0465 e. The number of halogens is 3. The van der Waals surface area contributed by atoms with Gasteiger partial charge in [0.05, 0.1) is 0 Å². The summed E-state index contributed by atoms with van der Waals surface area (Å²) in [4.78, 5) is 2.46. The predicted molar refractivity (Wildman–Crippen MR) is 78.2 cm³/mol. The van der Waals surface area contributed by atoms with E-state index in [1.807, 2.05) is 18.2 Å². The highest BCUT2D eigenvalue weighted by atomic mass is 79.9. The Morgan fingerprint density at radius 1 is 1.35 bits per heavy atom. The highest BCUT2D eigenvalue weighted by Gasteiger charge is 2.30. The monoisotopic (exact) mass is 335 g/mol. The summed E-state index contributed by atoms with van der Waals surface area (Å²) in [6.07, 6.45) is 1.25. The quantitative estimate of drug-likeness (QED) is 0.729. The van der Waals surface area contributed by atoms with Gasteiger partial charge >= 0.3 is 0 Å². The van der Waals surface area contributed by atoms with Crippen LogP contribution in [0, 0.1) is 5.92 Å². The second-order valence-electron chi connectivity index (χ2n) is 4.66. The van der Waals surface area contributed by atoms with Gasteiger partial charge in [-0.05, 0) is 31.0 Å². The number of hydrogen-bond donors (Lipinski definition) is 0. The second-order valence-corrected chi connectivity index (χ2v) is 6.12. The van der Waals surface area contributed by atoms with E-state index >= 15 is 0 Å². The van der Waals surface area contributed by atoms with Crippen molar-refractivity contribution < 1.29 is 0 Å². The Hall–Kier alpha value is 0.240. The Labute approximate surface area is 121 Å². The molecule has 1 saturated heterocycles. The van der Waals surface area contributed by atoms with Crippen LogP contribution < -0.4 is 0 Å². The third-order valence-corrected chi connectivity index (χ3v) is 4.95. The summed E-state index contributed by atoms with van der Waals surface area (Å²) in [7, 11) is 0. The van der Waals surface area contributed by atoms with Crippen LogP contribution in [0.3, 0.4) is 0 Å². The van der Waals surface area contributed by atoms with Crippen LogP contribution in [0.25, 0.3) is 0 Å². The van der Waals surface area contributed by atoms with Crippen molar-refractivity contribution in [1.82, 2.24) is 4.90 Å². The summed E-state index contributed by atoms with van der Waals surface area (Å²) >= 11 is 16.0. The predicted octanol–water partition coefficient (Wildman–Crippen LogP) is 4.60. The third-order valence-electron chi connectivity index (χ3n) is 3.58. The van der Waals surface area contributed by atoms with Crippen LogP contribution in [-0.2, 0) is 6.54 Å². The molecule has 0 bridgehead atoms. The molecule has 0 radical (unpaired) electrons. The van der Waals surface area contributed by atoms with E-state index in [2.05, 4.69) is 27.8 Å². The van der Waals surface area contributed by atoms with Crippen LogP contribution in [0.4, 0.5) is 0 Å². The lowest BCUT2D eigenvalue weighted by Crippen LogP contribution is -2.33. The van der Waals surface area contributed by atoms with E-state index in [-0.39, 0.29) is 0 Å². The van der Waals surface area contributed by atoms with Crippen LogP contribution in [-0.4, -0.2) is 22.8 Å². The standard InChI is InChI=1S/C13H16BrCl2N/c1-9-5-6-17(13(9)7-14)8-10-11(15)3-2-4-12(10)16/h2-4,9,13H,5-8H2,1H3. The lowest BCUT2D eigenvalue weighted by Gasteiger charge is -2.25. The molecule has 0 amide bonds. The first-order valence-electron chi connectivity index (χ1n) is 5.86. The highest BCUT2D eigenvalue weighted by molar-refractivity contribution is 9.09. The van der Waals surface area contributed by atoms with E-state index in [0.29, 0.717) is 6.04 Å². The highest BCUT2D eigenvalue weighted by Crippen LogP contribution is 2.31. The molecule has 1 aromatic carbocycles. The van der Waals surface area contributed by atoms with Crippen molar-refractivity contribution in [3.8, 4) is 0 Å². The largest absolute Gasteiger partial charge is 0.295 e. The van der Waals surface area contributed by atoms with Gasteiger partial charge in [-0.15, -0.1) is 0 Å². The van der Waals surface area contributed by atoms with Gasteiger partial charge in [-0.1, -0.05) is 52.1 Å².